The summed E-state index contributed by atoms with van der Waals surface area (Å²) in [5, 5.41) is 35.5. The molecule has 11 rings (SSSR count). The number of hydrogen-bond donors (Lipinski definition) is 5. The van der Waals surface area contributed by atoms with Crippen molar-refractivity contribution >= 4 is 46.5 Å². The number of rotatable bonds is 14. The Labute approximate surface area is 453 Å². The maximum atomic E-state index is 14.7. The molecule has 6 aliphatic rings. The van der Waals surface area contributed by atoms with Gasteiger partial charge in [0.05, 0.1) is 39.7 Å². The van der Waals surface area contributed by atoms with Crippen LogP contribution in [0.4, 0.5) is 21.8 Å². The van der Waals surface area contributed by atoms with E-state index in [0.29, 0.717) is 34.8 Å². The summed E-state index contributed by atoms with van der Waals surface area (Å²) >= 11 is 1.56. The molecular weight excluding hydrogens is 1000 g/mol. The maximum Gasteiger partial charge on any atom is 0.258 e. The zero-order valence-electron chi connectivity index (χ0n) is 44.4. The minimum absolute atomic E-state index is 0.0136. The SMILES string of the molecule is Cc1ncsc1-c1ccc(CNC(=O)C2CC(O)CN2C(=O)[C@@H](NC(=O)C2(F)CC2)C(C)(C)C)c(OC2CCC(N3CCC(c4cnc(N5C6CCC5CN(c5cc(-c7ccccc7O)nnc5N)C6)nc4)CC3)CC2)c1. The number of nitrogens with zero attached hydrogens (tertiary/aromatic N) is 9. The standard InChI is InChI=1S/C57H71FN12O6S/c1-33-49(77-32-63-33)35-9-10-36(26-60-52(73)46-24-41(71)31-69(46)53(74)50(56(2,3)4)64-54(75)57(58)19-20-57)48(23-35)76-42-15-13-38(14-16-42)67-21-17-34(18-22-67)37-27-61-55(62-28-37)70-39-11-12-40(70)30-68(29-39)45-25-44(65-66-51(45)59)43-7-5-6-8-47(43)72/h5-10,23,25,27-28,32,34,38-42,46,50,71-72H,11-22,24,26,29-31H2,1-4H3,(H2,59,66)(H,60,73)(H,64,75)/t38?,39?,40?,41?,42?,46?,50-/m1/s1. The first-order chi connectivity index (χ1) is 37.0. The van der Waals surface area contributed by atoms with Crippen LogP contribution in [0.25, 0.3) is 21.7 Å². The molecule has 2 bridgehead atoms. The molecular formula is C57H71FN12O6S. The fourth-order valence-corrected chi connectivity index (χ4v) is 13.2. The van der Waals surface area contributed by atoms with Crippen LogP contribution < -0.4 is 30.9 Å². The number of nitrogens with one attached hydrogen (secondary N) is 2. The number of thiazole rings is 1. The van der Waals surface area contributed by atoms with Gasteiger partial charge in [-0.15, -0.1) is 21.5 Å². The first-order valence-electron chi connectivity index (χ1n) is 27.5. The number of fused-ring (bicyclic) bond motifs is 2. The summed E-state index contributed by atoms with van der Waals surface area (Å²) in [4.78, 5) is 65.0. The van der Waals surface area contributed by atoms with Crippen molar-refractivity contribution in [2.75, 3.05) is 48.3 Å². The van der Waals surface area contributed by atoms with Crippen LogP contribution in [-0.4, -0.2) is 144 Å². The van der Waals surface area contributed by atoms with Crippen molar-refractivity contribution in [1.82, 2.24) is 45.6 Å². The zero-order valence-corrected chi connectivity index (χ0v) is 45.2. The topological polar surface area (TPSA) is 228 Å². The second-order valence-electron chi connectivity index (χ2n) is 23.3. The number of nitrogens with two attached hydrogens (primary N) is 1. The molecule has 2 aromatic carbocycles. The van der Waals surface area contributed by atoms with E-state index in [1.807, 2.05) is 61.2 Å². The van der Waals surface area contributed by atoms with Gasteiger partial charge in [0.25, 0.3) is 5.91 Å². The highest BCUT2D eigenvalue weighted by atomic mass is 32.1. The number of piperazine rings is 1. The molecule has 4 saturated heterocycles. The van der Waals surface area contributed by atoms with Gasteiger partial charge in [-0.1, -0.05) is 45.0 Å². The third kappa shape index (κ3) is 11.0. The van der Waals surface area contributed by atoms with Gasteiger partial charge in [-0.2, -0.15) is 0 Å². The lowest BCUT2D eigenvalue weighted by Gasteiger charge is -2.42. The van der Waals surface area contributed by atoms with Gasteiger partial charge in [0.1, 0.15) is 23.6 Å². The van der Waals surface area contributed by atoms with E-state index in [2.05, 4.69) is 40.5 Å². The molecule has 2 saturated carbocycles. The van der Waals surface area contributed by atoms with Gasteiger partial charge in [-0.25, -0.2) is 19.3 Å². The second-order valence-corrected chi connectivity index (χ2v) is 24.2. The summed E-state index contributed by atoms with van der Waals surface area (Å²) < 4.78 is 21.6. The fourth-order valence-electron chi connectivity index (χ4n) is 12.4. The van der Waals surface area contributed by atoms with E-state index in [-0.39, 0.29) is 56.3 Å². The number of phenols is 1. The van der Waals surface area contributed by atoms with Gasteiger partial charge in [0.15, 0.2) is 11.5 Å². The predicted molar refractivity (Wildman–Crippen MR) is 292 cm³/mol. The molecule has 4 unspecified atom stereocenters. The number of nitrogen functional groups attached to an aromatic ring is 1. The number of aromatic hydroxyl groups is 1. The second kappa shape index (κ2) is 21.4. The first-order valence-corrected chi connectivity index (χ1v) is 28.3. The third-order valence-electron chi connectivity index (χ3n) is 17.0. The Kier molecular flexibility index (Phi) is 14.6. The number of benzene rings is 2. The van der Waals surface area contributed by atoms with E-state index in [4.69, 9.17) is 20.4 Å². The van der Waals surface area contributed by atoms with Gasteiger partial charge in [0, 0.05) is 74.2 Å². The monoisotopic (exact) mass is 1070 g/mol. The van der Waals surface area contributed by atoms with Crippen LogP contribution >= 0.6 is 11.3 Å². The summed E-state index contributed by atoms with van der Waals surface area (Å²) in [5.74, 6) is 0.628. The number of hydrogen-bond acceptors (Lipinski definition) is 16. The van der Waals surface area contributed by atoms with Crippen molar-refractivity contribution in [3.63, 3.8) is 0 Å². The van der Waals surface area contributed by atoms with Gasteiger partial charge >= 0.3 is 0 Å². The van der Waals surface area contributed by atoms with Crippen molar-refractivity contribution < 1.29 is 33.7 Å². The highest BCUT2D eigenvalue weighted by Crippen LogP contribution is 2.42. The minimum Gasteiger partial charge on any atom is -0.507 e. The number of halogens is 1. The average molecular weight is 1070 g/mol. The number of aliphatic hydroxyl groups is 1. The molecule has 0 spiro atoms. The Hall–Kier alpha value is -6.51. The lowest BCUT2D eigenvalue weighted by atomic mass is 9.85. The number of anilines is 3. The van der Waals surface area contributed by atoms with Crippen LogP contribution in [0.3, 0.4) is 0 Å². The van der Waals surface area contributed by atoms with E-state index in [9.17, 15) is 29.0 Å². The molecule has 20 heteroatoms. The van der Waals surface area contributed by atoms with Crippen LogP contribution in [-0.2, 0) is 20.9 Å². The van der Waals surface area contributed by atoms with E-state index in [1.54, 1.807) is 44.2 Å². The molecule has 2 aliphatic carbocycles. The summed E-state index contributed by atoms with van der Waals surface area (Å²) in [6.07, 6.45) is 11.4. The van der Waals surface area contributed by atoms with Crippen molar-refractivity contribution in [1.29, 1.82) is 0 Å². The number of likely N-dealkylation sites (tertiary alicyclic amines) is 2. The number of aromatic nitrogens is 5. The number of carbonyl (C=O) groups is 3. The molecule has 77 heavy (non-hydrogen) atoms. The van der Waals surface area contributed by atoms with Crippen LogP contribution in [0, 0.1) is 12.3 Å². The number of amides is 3. The predicted octanol–water partition coefficient (Wildman–Crippen LogP) is 6.69. The molecule has 18 nitrogen and oxygen atoms in total. The van der Waals surface area contributed by atoms with Crippen LogP contribution in [0.2, 0.25) is 0 Å². The average Bonchev–Trinajstić information content (AvgIpc) is 3.74. The number of carbonyl (C=O) groups excluding carboxylic acids is 3. The van der Waals surface area contributed by atoms with Crippen LogP contribution in [0.15, 0.2) is 66.4 Å². The normalized spacial score (nSPS) is 24.9. The molecule has 3 aromatic heterocycles. The van der Waals surface area contributed by atoms with Crippen molar-refractivity contribution in [2.24, 2.45) is 5.41 Å². The van der Waals surface area contributed by atoms with E-state index in [0.717, 1.165) is 111 Å². The molecule has 3 amide bonds. The van der Waals surface area contributed by atoms with E-state index < -0.39 is 47.0 Å². The third-order valence-corrected chi connectivity index (χ3v) is 18.0. The van der Waals surface area contributed by atoms with Crippen LogP contribution in [0.1, 0.15) is 114 Å². The fraction of sp³-hybridized carbons (Fsp3) is 0.544. The molecule has 5 atom stereocenters. The number of piperidine rings is 1. The lowest BCUT2D eigenvalue weighted by Crippen LogP contribution is -2.59. The maximum absolute atomic E-state index is 14.7. The summed E-state index contributed by atoms with van der Waals surface area (Å²) in [6.45, 7) is 10.9. The first kappa shape index (κ1) is 52.5. The molecule has 6 N–H and O–H groups in total. The number of aliphatic hydroxyl groups excluding tert-OH is 1. The van der Waals surface area contributed by atoms with Gasteiger partial charge in [-0.05, 0) is 131 Å². The number of para-hydroxylation sites is 1. The molecule has 0 radical (unpaired) electrons. The molecule has 5 aromatic rings. The molecule has 408 valence electrons. The summed E-state index contributed by atoms with van der Waals surface area (Å²) in [5.41, 5.74) is 11.4. The Morgan fingerprint density at radius 1 is 0.909 bits per heavy atom. The van der Waals surface area contributed by atoms with Crippen molar-refractivity contribution in [2.45, 2.75) is 159 Å². The Morgan fingerprint density at radius 3 is 2.27 bits per heavy atom. The highest BCUT2D eigenvalue weighted by molar-refractivity contribution is 7.13. The van der Waals surface area contributed by atoms with E-state index in [1.165, 1.54) is 10.5 Å². The van der Waals surface area contributed by atoms with E-state index >= 15 is 0 Å². The number of aryl methyl sites for hydroxylation is 1. The highest BCUT2D eigenvalue weighted by Gasteiger charge is 2.53. The van der Waals surface area contributed by atoms with Gasteiger partial charge in [0.2, 0.25) is 17.8 Å². The number of ether oxygens (including phenoxy) is 1. The summed E-state index contributed by atoms with van der Waals surface area (Å²) in [7, 11) is 0. The number of phenolic OH excluding ortho intramolecular Hbond substituents is 1. The minimum atomic E-state index is -1.97. The quantitative estimate of drug-likeness (QED) is 0.0781. The number of alkyl halides is 1. The summed E-state index contributed by atoms with van der Waals surface area (Å²) in [6, 6.07) is 14.0. The van der Waals surface area contributed by atoms with Crippen LogP contribution in [0.5, 0.6) is 11.5 Å². The Bertz CT molecular complexity index is 2960. The zero-order chi connectivity index (χ0) is 53.8. The Balaban J connectivity index is 0.682. The van der Waals surface area contributed by atoms with Crippen molar-refractivity contribution in [3.05, 3.63) is 83.3 Å². The van der Waals surface area contributed by atoms with Crippen molar-refractivity contribution in [3.8, 4) is 33.2 Å². The Morgan fingerprint density at radius 2 is 1.61 bits per heavy atom. The molecule has 6 fully saturated rings. The smallest absolute Gasteiger partial charge is 0.258 e. The van der Waals surface area contributed by atoms with Gasteiger partial charge in [-0.3, -0.25) is 14.4 Å². The molecule has 7 heterocycles. The molecule has 4 aliphatic heterocycles. The lowest BCUT2D eigenvalue weighted by molar-refractivity contribution is -0.145. The largest absolute Gasteiger partial charge is 0.507 e. The van der Waals surface area contributed by atoms with Gasteiger partial charge < -0.3 is 50.9 Å². The number of β-amino-alcohol motifs (C(OH)–C–C–N with tert-alkyl or cyclic N) is 1.